The topological polar surface area (TPSA) is 160 Å². The summed E-state index contributed by atoms with van der Waals surface area (Å²) in [6, 6.07) is 5.34. The average molecular weight is 759 g/mol. The second kappa shape index (κ2) is 14.2. The number of aromatic nitrogens is 7. The van der Waals surface area contributed by atoms with Crippen LogP contribution in [0.2, 0.25) is 0 Å². The number of aryl methyl sites for hydroxylation is 1. The molecule has 3 aliphatic rings. The molecule has 6 heterocycles. The van der Waals surface area contributed by atoms with Crippen molar-refractivity contribution in [3.8, 4) is 0 Å². The zero-order valence-electron chi connectivity index (χ0n) is 31.2. The van der Waals surface area contributed by atoms with Gasteiger partial charge in [0.1, 0.15) is 11.6 Å². The van der Waals surface area contributed by atoms with E-state index < -0.39 is 30.0 Å². The highest BCUT2D eigenvalue weighted by Gasteiger charge is 2.36. The minimum Gasteiger partial charge on any atom is -0.375 e. The third-order valence-electron chi connectivity index (χ3n) is 11.5. The van der Waals surface area contributed by atoms with Gasteiger partial charge in [0.25, 0.3) is 12.3 Å². The van der Waals surface area contributed by atoms with Crippen molar-refractivity contribution in [3.05, 3.63) is 64.7 Å². The van der Waals surface area contributed by atoms with Gasteiger partial charge in [-0.05, 0) is 57.2 Å². The molecule has 0 bridgehead atoms. The van der Waals surface area contributed by atoms with Crippen LogP contribution in [-0.4, -0.2) is 103 Å². The number of nitrogens with zero attached hydrogens (tertiary/aromatic N) is 10. The van der Waals surface area contributed by atoms with Crippen molar-refractivity contribution in [3.63, 3.8) is 0 Å². The van der Waals surface area contributed by atoms with E-state index in [1.165, 1.54) is 21.5 Å². The van der Waals surface area contributed by atoms with Crippen LogP contribution in [0.5, 0.6) is 0 Å². The zero-order valence-corrected chi connectivity index (χ0v) is 31.2. The molecule has 1 atom stereocenters. The maximum absolute atomic E-state index is 14.1. The molecule has 3 amide bonds. The van der Waals surface area contributed by atoms with Gasteiger partial charge in [-0.15, -0.1) is 0 Å². The predicted molar refractivity (Wildman–Crippen MR) is 201 cm³/mol. The Hall–Kier alpha value is -5.65. The Morgan fingerprint density at radius 3 is 2.53 bits per heavy atom. The molecule has 5 aromatic rings. The van der Waals surface area contributed by atoms with Gasteiger partial charge in [-0.2, -0.15) is 10.2 Å². The van der Waals surface area contributed by atoms with Gasteiger partial charge >= 0.3 is 5.69 Å². The fraction of sp³-hybridized carbons (Fsp3) is 0.486. The van der Waals surface area contributed by atoms with Crippen molar-refractivity contribution < 1.29 is 23.2 Å². The number of hydrogen-bond acceptors (Lipinski definition) is 10. The maximum Gasteiger partial charge on any atom is 0.329 e. The lowest BCUT2D eigenvalue weighted by atomic mass is 9.79. The van der Waals surface area contributed by atoms with E-state index in [2.05, 4.69) is 42.7 Å². The van der Waals surface area contributed by atoms with Crippen LogP contribution in [0.3, 0.4) is 0 Å². The van der Waals surface area contributed by atoms with Gasteiger partial charge in [-0.25, -0.2) is 23.1 Å². The lowest BCUT2D eigenvalue weighted by Crippen LogP contribution is -2.46. The first-order chi connectivity index (χ1) is 26.4. The zero-order chi connectivity index (χ0) is 38.7. The van der Waals surface area contributed by atoms with Crippen LogP contribution in [0.15, 0.2) is 47.8 Å². The molecule has 55 heavy (non-hydrogen) atoms. The molecule has 1 unspecified atom stereocenters. The Kier molecular flexibility index (Phi) is 9.39. The van der Waals surface area contributed by atoms with E-state index in [-0.39, 0.29) is 41.7 Å². The summed E-state index contributed by atoms with van der Waals surface area (Å²) >= 11 is 0. The maximum atomic E-state index is 14.1. The molecule has 2 saturated heterocycles. The third kappa shape index (κ3) is 6.61. The lowest BCUT2D eigenvalue weighted by Gasteiger charge is -2.42. The molecule has 18 heteroatoms. The monoisotopic (exact) mass is 758 g/mol. The molecule has 1 aliphatic carbocycles. The Morgan fingerprint density at radius 2 is 1.82 bits per heavy atom. The second-order valence-electron chi connectivity index (χ2n) is 15.2. The summed E-state index contributed by atoms with van der Waals surface area (Å²) in [5.74, 6) is -0.993. The van der Waals surface area contributed by atoms with Crippen LogP contribution in [0.25, 0.3) is 16.7 Å². The van der Waals surface area contributed by atoms with E-state index in [1.54, 1.807) is 28.7 Å². The predicted octanol–water partition coefficient (Wildman–Crippen LogP) is 3.36. The van der Waals surface area contributed by atoms with Gasteiger partial charge in [0.05, 0.1) is 52.7 Å². The van der Waals surface area contributed by atoms with E-state index in [9.17, 15) is 28.0 Å². The normalized spacial score (nSPS) is 20.8. The highest BCUT2D eigenvalue weighted by Crippen LogP contribution is 2.40. The first kappa shape index (κ1) is 36.3. The lowest BCUT2D eigenvalue weighted by molar-refractivity contribution is -0.135. The number of benzene rings is 1. The summed E-state index contributed by atoms with van der Waals surface area (Å²) < 4.78 is 34.3. The third-order valence-corrected chi connectivity index (χ3v) is 11.5. The highest BCUT2D eigenvalue weighted by molar-refractivity contribution is 6.08. The molecule has 4 aromatic heterocycles. The number of amides is 3. The Morgan fingerprint density at radius 1 is 1.05 bits per heavy atom. The summed E-state index contributed by atoms with van der Waals surface area (Å²) in [5, 5.41) is 13.4. The Bertz CT molecular complexity index is 2350. The fourth-order valence-corrected chi connectivity index (χ4v) is 8.37. The molecule has 2 aliphatic heterocycles. The van der Waals surface area contributed by atoms with Crippen molar-refractivity contribution >= 4 is 51.5 Å². The fourth-order valence-electron chi connectivity index (χ4n) is 8.37. The molecule has 290 valence electrons. The molecule has 0 spiro atoms. The van der Waals surface area contributed by atoms with Gasteiger partial charge in [0.2, 0.25) is 11.8 Å². The second-order valence-corrected chi connectivity index (χ2v) is 15.2. The highest BCUT2D eigenvalue weighted by atomic mass is 19.3. The smallest absolute Gasteiger partial charge is 0.329 e. The molecule has 1 aromatic carbocycles. The van der Waals surface area contributed by atoms with Crippen molar-refractivity contribution in [1.82, 2.24) is 43.7 Å². The van der Waals surface area contributed by atoms with Crippen LogP contribution in [0, 0.1) is 5.92 Å². The molecular weight excluding hydrogens is 714 g/mol. The SMILES string of the molecule is CN(C)c1cnc2c(C(=O)Nc3cn([C@H]4C[C@H](CN(C)C5CCN(c6cccc7c6n(C)c(=O)n7C6CCC(=O)NC6=O)CC5)C4)nc3C(F)F)cnn2c1. The molecule has 16 nitrogen and oxygen atoms in total. The van der Waals surface area contributed by atoms with E-state index >= 15 is 0 Å². The van der Waals surface area contributed by atoms with Crippen LogP contribution >= 0.6 is 0 Å². The molecule has 8 rings (SSSR count). The number of para-hydroxylation sites is 1. The van der Waals surface area contributed by atoms with E-state index in [1.807, 2.05) is 37.2 Å². The van der Waals surface area contributed by atoms with Crippen LogP contribution in [-0.2, 0) is 16.6 Å². The summed E-state index contributed by atoms with van der Waals surface area (Å²) in [5.41, 5.74) is 2.88. The number of hydrogen-bond donors (Lipinski definition) is 2. The van der Waals surface area contributed by atoms with E-state index in [0.717, 1.165) is 62.2 Å². The van der Waals surface area contributed by atoms with Gasteiger partial charge in [0.15, 0.2) is 11.3 Å². The summed E-state index contributed by atoms with van der Waals surface area (Å²) in [7, 11) is 7.58. The number of piperidine rings is 2. The number of carbonyl (C=O) groups excluding carboxylic acids is 3. The number of rotatable bonds is 10. The largest absolute Gasteiger partial charge is 0.375 e. The summed E-state index contributed by atoms with van der Waals surface area (Å²) in [4.78, 5) is 61.9. The molecular formula is C37H44F2N12O4. The summed E-state index contributed by atoms with van der Waals surface area (Å²) in [6.45, 7) is 2.45. The standard InChI is InChI=1S/C37H44F2N12O4/c1-45(2)24-16-40-34-25(17-41-50(34)19-24)35(53)42-26-20-49(44-31(26)33(38)39)23-14-21(15-23)18-46(3)22-10-12-48(13-11-22)27-6-5-7-28-32(27)47(4)37(55)51(28)29-8-9-30(52)43-36(29)54/h5-7,16-17,19-23,29,33H,8-15,18H2,1-4H3,(H,42,53)(H,43,52,54)/t21-,23-,29?. The van der Waals surface area contributed by atoms with E-state index in [0.29, 0.717) is 23.1 Å². The molecule has 0 radical (unpaired) electrons. The first-order valence-electron chi connectivity index (χ1n) is 18.6. The van der Waals surface area contributed by atoms with Gasteiger partial charge < -0.3 is 20.0 Å². The van der Waals surface area contributed by atoms with Crippen LogP contribution in [0.1, 0.15) is 73.1 Å². The van der Waals surface area contributed by atoms with Crippen molar-refractivity contribution in [1.29, 1.82) is 0 Å². The van der Waals surface area contributed by atoms with Gasteiger partial charge in [-0.3, -0.25) is 33.5 Å². The van der Waals surface area contributed by atoms with Crippen LogP contribution < -0.4 is 26.1 Å². The van der Waals surface area contributed by atoms with Gasteiger partial charge in [-0.1, -0.05) is 6.07 Å². The Balaban J connectivity index is 0.874. The quantitative estimate of drug-likeness (QED) is 0.202. The van der Waals surface area contributed by atoms with Crippen LogP contribution in [0.4, 0.5) is 25.8 Å². The van der Waals surface area contributed by atoms with Crippen molar-refractivity contribution in [2.75, 3.05) is 55.9 Å². The van der Waals surface area contributed by atoms with Crippen molar-refractivity contribution in [2.45, 2.75) is 63.1 Å². The number of fused-ring (bicyclic) bond motifs is 2. The number of nitrogens with one attached hydrogen (secondary N) is 2. The summed E-state index contributed by atoms with van der Waals surface area (Å²) in [6.07, 6.45) is 7.23. The van der Waals surface area contributed by atoms with Crippen molar-refractivity contribution in [2.24, 2.45) is 13.0 Å². The number of imidazole rings is 1. The average Bonchev–Trinajstić information content (AvgIpc) is 3.83. The first-order valence-corrected chi connectivity index (χ1v) is 18.6. The van der Waals surface area contributed by atoms with E-state index in [4.69, 9.17) is 0 Å². The molecule has 1 saturated carbocycles. The van der Waals surface area contributed by atoms with Gasteiger partial charge in [0, 0.05) is 59.4 Å². The number of imide groups is 1. The number of anilines is 3. The molecule has 3 fully saturated rings. The Labute approximate surface area is 314 Å². The minimum absolute atomic E-state index is 0.0279. The number of carbonyl (C=O) groups is 3. The molecule has 2 N–H and O–H groups in total. The minimum atomic E-state index is -2.86. The number of halogens is 2. The number of alkyl halides is 2.